The van der Waals surface area contributed by atoms with E-state index in [9.17, 15) is 9.59 Å². The third-order valence-electron chi connectivity index (χ3n) is 4.29. The maximum Gasteiger partial charge on any atom is 0.326 e. The fourth-order valence-corrected chi connectivity index (χ4v) is 2.69. The van der Waals surface area contributed by atoms with Crippen molar-refractivity contribution in [2.24, 2.45) is 5.92 Å². The average molecular weight is 325 g/mol. The smallest absolute Gasteiger partial charge is 0.326 e. The van der Waals surface area contributed by atoms with Crippen LogP contribution in [0.2, 0.25) is 0 Å². The number of hydrogen-bond acceptors (Lipinski definition) is 2. The second-order valence-electron chi connectivity index (χ2n) is 6.04. The van der Waals surface area contributed by atoms with Gasteiger partial charge in [-0.05, 0) is 30.9 Å². The van der Waals surface area contributed by atoms with Crippen LogP contribution < -0.4 is 0 Å². The van der Waals surface area contributed by atoms with Crippen molar-refractivity contribution in [2.45, 2.75) is 25.8 Å². The standard InChI is InChI=1S/C20H23NO3/c1-15(20(23)24)21(2)19(22)18(13-16-9-5-3-6-10-16)14-17-11-7-4-8-12-17/h3-12,15,18H,13-14H2,1-2H3,(H,23,24). The van der Waals surface area contributed by atoms with Gasteiger partial charge in [0.1, 0.15) is 6.04 Å². The molecule has 1 amide bonds. The van der Waals surface area contributed by atoms with Crippen molar-refractivity contribution >= 4 is 11.9 Å². The second kappa shape index (κ2) is 8.29. The van der Waals surface area contributed by atoms with Gasteiger partial charge in [-0.1, -0.05) is 60.7 Å². The van der Waals surface area contributed by atoms with E-state index in [1.165, 1.54) is 11.8 Å². The van der Waals surface area contributed by atoms with E-state index in [1.54, 1.807) is 7.05 Å². The molecule has 126 valence electrons. The van der Waals surface area contributed by atoms with E-state index < -0.39 is 12.0 Å². The zero-order chi connectivity index (χ0) is 17.5. The van der Waals surface area contributed by atoms with Crippen molar-refractivity contribution in [1.82, 2.24) is 4.90 Å². The first kappa shape index (κ1) is 17.7. The summed E-state index contributed by atoms with van der Waals surface area (Å²) >= 11 is 0. The number of benzene rings is 2. The molecule has 4 nitrogen and oxygen atoms in total. The van der Waals surface area contributed by atoms with Crippen LogP contribution in [0.3, 0.4) is 0 Å². The van der Waals surface area contributed by atoms with Gasteiger partial charge in [0.2, 0.25) is 5.91 Å². The van der Waals surface area contributed by atoms with Gasteiger partial charge in [0.15, 0.2) is 0 Å². The third-order valence-corrected chi connectivity index (χ3v) is 4.29. The van der Waals surface area contributed by atoms with Crippen LogP contribution >= 0.6 is 0 Å². The molecule has 0 bridgehead atoms. The second-order valence-corrected chi connectivity index (χ2v) is 6.04. The highest BCUT2D eigenvalue weighted by atomic mass is 16.4. The predicted molar refractivity (Wildman–Crippen MR) is 93.6 cm³/mol. The Bertz CT molecular complexity index is 628. The Morgan fingerprint density at radius 1 is 0.917 bits per heavy atom. The summed E-state index contributed by atoms with van der Waals surface area (Å²) in [6.07, 6.45) is 1.18. The minimum atomic E-state index is -0.996. The lowest BCUT2D eigenvalue weighted by Crippen LogP contribution is -2.44. The van der Waals surface area contributed by atoms with E-state index >= 15 is 0 Å². The van der Waals surface area contributed by atoms with Gasteiger partial charge in [-0.15, -0.1) is 0 Å². The Balaban J connectivity index is 2.21. The van der Waals surface area contributed by atoms with Crippen molar-refractivity contribution in [1.29, 1.82) is 0 Å². The molecule has 0 aliphatic carbocycles. The van der Waals surface area contributed by atoms with Crippen molar-refractivity contribution in [2.75, 3.05) is 7.05 Å². The molecule has 1 N–H and O–H groups in total. The number of carbonyl (C=O) groups excluding carboxylic acids is 1. The summed E-state index contributed by atoms with van der Waals surface area (Å²) in [5.74, 6) is -1.43. The zero-order valence-electron chi connectivity index (χ0n) is 14.1. The van der Waals surface area contributed by atoms with E-state index in [-0.39, 0.29) is 11.8 Å². The Labute approximate surface area is 142 Å². The number of nitrogens with zero attached hydrogens (tertiary/aromatic N) is 1. The van der Waals surface area contributed by atoms with E-state index in [2.05, 4.69) is 0 Å². The Morgan fingerprint density at radius 2 is 1.33 bits per heavy atom. The molecule has 0 saturated carbocycles. The molecule has 0 fully saturated rings. The molecule has 24 heavy (non-hydrogen) atoms. The number of amides is 1. The van der Waals surface area contributed by atoms with Crippen LogP contribution in [0.15, 0.2) is 60.7 Å². The molecule has 0 radical (unpaired) electrons. The maximum atomic E-state index is 12.9. The van der Waals surface area contributed by atoms with Gasteiger partial charge in [0.05, 0.1) is 0 Å². The number of carboxylic acid groups (broad SMARTS) is 1. The van der Waals surface area contributed by atoms with Gasteiger partial charge >= 0.3 is 5.97 Å². The molecule has 0 aliphatic heterocycles. The highest BCUT2D eigenvalue weighted by molar-refractivity contribution is 5.85. The van der Waals surface area contributed by atoms with E-state index in [0.29, 0.717) is 12.8 Å². The normalized spacial score (nSPS) is 12.0. The lowest BCUT2D eigenvalue weighted by Gasteiger charge is -2.27. The summed E-state index contributed by atoms with van der Waals surface area (Å²) < 4.78 is 0. The largest absolute Gasteiger partial charge is 0.480 e. The Kier molecular flexibility index (Phi) is 6.13. The van der Waals surface area contributed by atoms with E-state index in [1.807, 2.05) is 60.7 Å². The summed E-state index contributed by atoms with van der Waals surface area (Å²) in [5.41, 5.74) is 2.14. The van der Waals surface area contributed by atoms with Crippen molar-refractivity contribution in [3.63, 3.8) is 0 Å². The maximum absolute atomic E-state index is 12.9. The van der Waals surface area contributed by atoms with Crippen LogP contribution in [0.4, 0.5) is 0 Å². The molecule has 0 aromatic heterocycles. The average Bonchev–Trinajstić information content (AvgIpc) is 2.61. The molecule has 1 atom stereocenters. The minimum absolute atomic E-state index is 0.141. The summed E-state index contributed by atoms with van der Waals surface area (Å²) in [6.45, 7) is 1.53. The molecule has 0 spiro atoms. The van der Waals surface area contributed by atoms with Crippen LogP contribution in [0.5, 0.6) is 0 Å². The highest BCUT2D eigenvalue weighted by Gasteiger charge is 2.28. The molecule has 0 saturated heterocycles. The lowest BCUT2D eigenvalue weighted by atomic mass is 9.91. The highest BCUT2D eigenvalue weighted by Crippen LogP contribution is 2.18. The molecule has 1 unspecified atom stereocenters. The van der Waals surface area contributed by atoms with E-state index in [4.69, 9.17) is 5.11 Å². The molecule has 4 heteroatoms. The molecule has 2 aromatic carbocycles. The molecule has 0 heterocycles. The van der Waals surface area contributed by atoms with Crippen LogP contribution in [-0.4, -0.2) is 35.0 Å². The van der Waals surface area contributed by atoms with Gasteiger partial charge < -0.3 is 10.0 Å². The predicted octanol–water partition coefficient (Wildman–Crippen LogP) is 3.02. The Morgan fingerprint density at radius 3 is 1.71 bits per heavy atom. The van der Waals surface area contributed by atoms with E-state index in [0.717, 1.165) is 11.1 Å². The zero-order valence-corrected chi connectivity index (χ0v) is 14.1. The quantitative estimate of drug-likeness (QED) is 0.851. The number of rotatable bonds is 7. The topological polar surface area (TPSA) is 57.6 Å². The van der Waals surface area contributed by atoms with Crippen LogP contribution in [0, 0.1) is 5.92 Å². The Hall–Kier alpha value is -2.62. The lowest BCUT2D eigenvalue weighted by molar-refractivity contribution is -0.149. The summed E-state index contributed by atoms with van der Waals surface area (Å²) in [6, 6.07) is 18.8. The first-order valence-electron chi connectivity index (χ1n) is 8.06. The summed E-state index contributed by atoms with van der Waals surface area (Å²) in [7, 11) is 1.56. The first-order valence-corrected chi connectivity index (χ1v) is 8.06. The molecule has 2 aromatic rings. The van der Waals surface area contributed by atoms with Gasteiger partial charge in [0.25, 0.3) is 0 Å². The molecular weight excluding hydrogens is 302 g/mol. The van der Waals surface area contributed by atoms with Crippen molar-refractivity contribution in [3.05, 3.63) is 71.8 Å². The number of carboxylic acids is 1. The molecular formula is C20H23NO3. The number of likely N-dealkylation sites (N-methyl/N-ethyl adjacent to an activating group) is 1. The van der Waals surface area contributed by atoms with Crippen LogP contribution in [-0.2, 0) is 22.4 Å². The summed E-state index contributed by atoms with van der Waals surface area (Å²) in [5, 5.41) is 9.17. The van der Waals surface area contributed by atoms with Gasteiger partial charge in [-0.25, -0.2) is 4.79 Å². The van der Waals surface area contributed by atoms with Crippen LogP contribution in [0.1, 0.15) is 18.1 Å². The molecule has 2 rings (SSSR count). The van der Waals surface area contributed by atoms with Crippen molar-refractivity contribution < 1.29 is 14.7 Å². The third kappa shape index (κ3) is 4.69. The van der Waals surface area contributed by atoms with Gasteiger partial charge in [-0.2, -0.15) is 0 Å². The fourth-order valence-electron chi connectivity index (χ4n) is 2.69. The van der Waals surface area contributed by atoms with Crippen LogP contribution in [0.25, 0.3) is 0 Å². The monoisotopic (exact) mass is 325 g/mol. The van der Waals surface area contributed by atoms with Gasteiger partial charge in [-0.3, -0.25) is 4.79 Å². The number of carbonyl (C=O) groups is 2. The number of aliphatic carboxylic acids is 1. The SMILES string of the molecule is CC(C(=O)O)N(C)C(=O)C(Cc1ccccc1)Cc1ccccc1. The minimum Gasteiger partial charge on any atom is -0.480 e. The molecule has 0 aliphatic rings. The van der Waals surface area contributed by atoms with Gasteiger partial charge in [0, 0.05) is 13.0 Å². The van der Waals surface area contributed by atoms with Crippen molar-refractivity contribution in [3.8, 4) is 0 Å². The first-order chi connectivity index (χ1) is 11.5. The fraction of sp³-hybridized carbons (Fsp3) is 0.300. The number of hydrogen-bond donors (Lipinski definition) is 1. The summed E-state index contributed by atoms with van der Waals surface area (Å²) in [4.78, 5) is 25.4.